The first-order valence-corrected chi connectivity index (χ1v) is 11.1. The fourth-order valence-corrected chi connectivity index (χ4v) is 4.64. The van der Waals surface area contributed by atoms with Crippen molar-refractivity contribution in [3.63, 3.8) is 0 Å². The van der Waals surface area contributed by atoms with E-state index in [1.54, 1.807) is 12.7 Å². The number of nitrogens with zero attached hydrogens (tertiary/aromatic N) is 7. The summed E-state index contributed by atoms with van der Waals surface area (Å²) in [4.78, 5) is 20.5. The van der Waals surface area contributed by atoms with Crippen LogP contribution in [0, 0.1) is 13.8 Å². The van der Waals surface area contributed by atoms with E-state index < -0.39 is 0 Å². The second kappa shape index (κ2) is 7.86. The Morgan fingerprint density at radius 3 is 2.07 bits per heavy atom. The Kier molecular flexibility index (Phi) is 5.08. The molecule has 29 heavy (non-hydrogen) atoms. The molecule has 2 aromatic rings. The van der Waals surface area contributed by atoms with Gasteiger partial charge in [0.2, 0.25) is 0 Å². The van der Waals surface area contributed by atoms with Crippen LogP contribution in [0.25, 0.3) is 0 Å². The van der Waals surface area contributed by atoms with Crippen LogP contribution in [0.3, 0.4) is 0 Å². The molecule has 1 atom stereocenters. The van der Waals surface area contributed by atoms with Crippen molar-refractivity contribution in [3.05, 3.63) is 36.2 Å². The van der Waals surface area contributed by atoms with Crippen LogP contribution in [0.5, 0.6) is 0 Å². The van der Waals surface area contributed by atoms with Crippen LogP contribution < -0.4 is 9.91 Å². The lowest BCUT2D eigenvalue weighted by Crippen LogP contribution is -2.58. The van der Waals surface area contributed by atoms with Gasteiger partial charge in [-0.3, -0.25) is 5.01 Å². The van der Waals surface area contributed by atoms with E-state index in [4.69, 9.17) is 9.97 Å². The summed E-state index contributed by atoms with van der Waals surface area (Å²) in [6.45, 7) is 5.34. The summed E-state index contributed by atoms with van der Waals surface area (Å²) >= 11 is 0. The maximum atomic E-state index is 4.73. The van der Waals surface area contributed by atoms with Crippen LogP contribution in [-0.2, 0) is 0 Å². The zero-order valence-electron chi connectivity index (χ0n) is 17.5. The first-order chi connectivity index (χ1) is 14.2. The number of hydrogen-bond acceptors (Lipinski definition) is 7. The molecule has 0 N–H and O–H groups in total. The van der Waals surface area contributed by atoms with E-state index in [0.29, 0.717) is 18.2 Å². The number of rotatable bonds is 6. The molecule has 3 fully saturated rings. The topological polar surface area (TPSA) is 61.3 Å². The summed E-state index contributed by atoms with van der Waals surface area (Å²) in [7, 11) is 0. The molecule has 1 saturated heterocycles. The van der Waals surface area contributed by atoms with Gasteiger partial charge >= 0.3 is 0 Å². The molecule has 2 aromatic heterocycles. The molecular weight excluding hydrogens is 362 g/mol. The highest BCUT2D eigenvalue weighted by atomic mass is 15.7. The SMILES string of the molecule is Cc1cncnc1N(C1CC1)C1CCCCCN1N(c1ncncc1C)C1CC1. The molecule has 2 saturated carbocycles. The van der Waals surface area contributed by atoms with Gasteiger partial charge in [-0.05, 0) is 58.8 Å². The summed E-state index contributed by atoms with van der Waals surface area (Å²) in [5, 5.41) is 5.14. The third-order valence-corrected chi connectivity index (χ3v) is 6.32. The Morgan fingerprint density at radius 1 is 0.793 bits per heavy atom. The Bertz CT molecular complexity index is 779. The van der Waals surface area contributed by atoms with Crippen LogP contribution >= 0.6 is 0 Å². The second-order valence-corrected chi connectivity index (χ2v) is 8.77. The van der Waals surface area contributed by atoms with Gasteiger partial charge < -0.3 is 4.90 Å². The van der Waals surface area contributed by atoms with Crippen molar-refractivity contribution in [1.82, 2.24) is 24.9 Å². The monoisotopic (exact) mass is 393 g/mol. The summed E-state index contributed by atoms with van der Waals surface area (Å²) in [5.74, 6) is 2.18. The minimum absolute atomic E-state index is 0.313. The van der Waals surface area contributed by atoms with E-state index in [1.807, 2.05) is 12.4 Å². The number of hydrogen-bond donors (Lipinski definition) is 0. The average Bonchev–Trinajstić information content (AvgIpc) is 3.61. The van der Waals surface area contributed by atoms with E-state index in [1.165, 1.54) is 50.5 Å². The van der Waals surface area contributed by atoms with Crippen LogP contribution in [0.2, 0.25) is 0 Å². The van der Waals surface area contributed by atoms with E-state index >= 15 is 0 Å². The van der Waals surface area contributed by atoms with E-state index in [2.05, 4.69) is 38.7 Å². The normalized spacial score (nSPS) is 22.9. The van der Waals surface area contributed by atoms with Crippen molar-refractivity contribution >= 4 is 11.6 Å². The van der Waals surface area contributed by atoms with Gasteiger partial charge in [-0.2, -0.15) is 5.01 Å². The van der Waals surface area contributed by atoms with Crippen molar-refractivity contribution in [2.75, 3.05) is 16.5 Å². The predicted molar refractivity (Wildman–Crippen MR) is 114 cm³/mol. The van der Waals surface area contributed by atoms with Crippen molar-refractivity contribution in [3.8, 4) is 0 Å². The minimum Gasteiger partial charge on any atom is -0.336 e. The van der Waals surface area contributed by atoms with Crippen LogP contribution in [0.1, 0.15) is 62.5 Å². The summed E-state index contributed by atoms with van der Waals surface area (Å²) in [6, 6.07) is 1.14. The first kappa shape index (κ1) is 18.7. The van der Waals surface area contributed by atoms with E-state index in [0.717, 1.165) is 30.2 Å². The zero-order chi connectivity index (χ0) is 19.8. The van der Waals surface area contributed by atoms with Crippen LogP contribution in [0.4, 0.5) is 11.6 Å². The molecule has 7 heteroatoms. The highest BCUT2D eigenvalue weighted by Crippen LogP contribution is 2.40. The second-order valence-electron chi connectivity index (χ2n) is 8.77. The molecule has 0 radical (unpaired) electrons. The largest absolute Gasteiger partial charge is 0.336 e. The molecule has 5 rings (SSSR count). The molecule has 0 amide bonds. The predicted octanol–water partition coefficient (Wildman–Crippen LogP) is 3.64. The number of anilines is 2. The maximum absolute atomic E-state index is 4.73. The molecule has 3 aliphatic rings. The van der Waals surface area contributed by atoms with Gasteiger partial charge in [0.1, 0.15) is 30.5 Å². The standard InChI is InChI=1S/C22H31N7/c1-16-12-23-14-25-21(16)28(18-7-8-18)20-6-4-3-5-11-27(20)29(19-9-10-19)22-17(2)13-24-15-26-22/h12-15,18-20H,3-11H2,1-2H3. The van der Waals surface area contributed by atoms with Gasteiger partial charge in [0, 0.05) is 42.1 Å². The van der Waals surface area contributed by atoms with Crippen molar-refractivity contribution in [2.45, 2.75) is 83.5 Å². The summed E-state index contributed by atoms with van der Waals surface area (Å²) in [5.41, 5.74) is 2.32. The third kappa shape index (κ3) is 3.80. The smallest absolute Gasteiger partial charge is 0.149 e. The molecular formula is C22H31N7. The lowest BCUT2D eigenvalue weighted by atomic mass is 10.1. The van der Waals surface area contributed by atoms with E-state index in [9.17, 15) is 0 Å². The van der Waals surface area contributed by atoms with Gasteiger partial charge in [-0.25, -0.2) is 19.9 Å². The van der Waals surface area contributed by atoms with Crippen molar-refractivity contribution in [2.24, 2.45) is 0 Å². The molecule has 1 aliphatic heterocycles. The molecule has 0 spiro atoms. The van der Waals surface area contributed by atoms with Gasteiger partial charge in [0.05, 0.1) is 0 Å². The summed E-state index contributed by atoms with van der Waals surface area (Å²) < 4.78 is 0. The summed E-state index contributed by atoms with van der Waals surface area (Å²) in [6.07, 6.45) is 17.5. The van der Waals surface area contributed by atoms with E-state index in [-0.39, 0.29) is 0 Å². The average molecular weight is 394 g/mol. The molecule has 1 unspecified atom stereocenters. The van der Waals surface area contributed by atoms with Crippen molar-refractivity contribution < 1.29 is 0 Å². The Morgan fingerprint density at radius 2 is 1.45 bits per heavy atom. The van der Waals surface area contributed by atoms with Gasteiger partial charge in [-0.15, -0.1) is 0 Å². The highest BCUT2D eigenvalue weighted by molar-refractivity contribution is 5.50. The molecule has 0 aromatic carbocycles. The molecule has 7 nitrogen and oxygen atoms in total. The van der Waals surface area contributed by atoms with Crippen LogP contribution in [0.15, 0.2) is 25.0 Å². The quantitative estimate of drug-likeness (QED) is 0.742. The van der Waals surface area contributed by atoms with Gasteiger partial charge in [-0.1, -0.05) is 6.42 Å². The first-order valence-electron chi connectivity index (χ1n) is 11.1. The fourth-order valence-electron chi connectivity index (χ4n) is 4.64. The highest BCUT2D eigenvalue weighted by Gasteiger charge is 2.44. The minimum atomic E-state index is 0.313. The van der Waals surface area contributed by atoms with Gasteiger partial charge in [0.15, 0.2) is 0 Å². The fraction of sp³-hybridized carbons (Fsp3) is 0.636. The molecule has 3 heterocycles. The number of aryl methyl sites for hydroxylation is 2. The lowest BCUT2D eigenvalue weighted by Gasteiger charge is -2.46. The van der Waals surface area contributed by atoms with Gasteiger partial charge in [0.25, 0.3) is 0 Å². The Hall–Kier alpha value is -2.28. The molecule has 154 valence electrons. The lowest BCUT2D eigenvalue weighted by molar-refractivity contribution is 0.166. The Balaban J connectivity index is 1.56. The Labute approximate surface area is 173 Å². The third-order valence-electron chi connectivity index (χ3n) is 6.32. The number of hydrazine groups is 1. The van der Waals surface area contributed by atoms with Crippen LogP contribution in [-0.4, -0.2) is 49.7 Å². The zero-order valence-corrected chi connectivity index (χ0v) is 17.5. The molecule has 2 aliphatic carbocycles. The van der Waals surface area contributed by atoms with Crippen molar-refractivity contribution in [1.29, 1.82) is 0 Å². The number of aromatic nitrogens is 4. The maximum Gasteiger partial charge on any atom is 0.149 e. The molecule has 0 bridgehead atoms.